The summed E-state index contributed by atoms with van der Waals surface area (Å²) in [4.78, 5) is 38.2. The largest absolute Gasteiger partial charge is 0.497 e. The van der Waals surface area contributed by atoms with Crippen LogP contribution in [0, 0.1) is 0 Å². The predicted octanol–water partition coefficient (Wildman–Crippen LogP) is 2.92. The van der Waals surface area contributed by atoms with Gasteiger partial charge in [-0.05, 0) is 36.4 Å². The van der Waals surface area contributed by atoms with E-state index in [1.807, 2.05) is 0 Å². The fourth-order valence-corrected chi connectivity index (χ4v) is 2.81. The fourth-order valence-electron chi connectivity index (χ4n) is 2.60. The van der Waals surface area contributed by atoms with Crippen molar-refractivity contribution in [1.82, 2.24) is 0 Å². The van der Waals surface area contributed by atoms with E-state index >= 15 is 0 Å². The number of carbonyl (C=O) groups is 3. The van der Waals surface area contributed by atoms with Crippen molar-refractivity contribution in [2.45, 2.75) is 0 Å². The molecular weight excluding hydrogens is 372 g/mol. The van der Waals surface area contributed by atoms with Crippen molar-refractivity contribution in [3.05, 3.63) is 64.8 Å². The molecule has 27 heavy (non-hydrogen) atoms. The van der Waals surface area contributed by atoms with Crippen LogP contribution in [0.5, 0.6) is 5.75 Å². The average Bonchev–Trinajstić information content (AvgIpc) is 2.91. The lowest BCUT2D eigenvalue weighted by molar-refractivity contribution is -0.120. The molecule has 2 aromatic carbocycles. The summed E-state index contributed by atoms with van der Waals surface area (Å²) in [6.07, 6.45) is 0. The summed E-state index contributed by atoms with van der Waals surface area (Å²) in [6, 6.07) is 12.9. The molecule has 2 amide bonds. The zero-order chi connectivity index (χ0) is 19.6. The minimum atomic E-state index is -0.728. The van der Waals surface area contributed by atoms with Crippen molar-refractivity contribution < 1.29 is 23.9 Å². The van der Waals surface area contributed by atoms with Gasteiger partial charge in [0.15, 0.2) is 0 Å². The van der Waals surface area contributed by atoms with Crippen LogP contribution in [0.25, 0.3) is 0 Å². The van der Waals surface area contributed by atoms with E-state index in [9.17, 15) is 14.4 Å². The number of nitrogens with zero attached hydrogens (tertiary/aromatic N) is 1. The lowest BCUT2D eigenvalue weighted by Gasteiger charge is -2.17. The molecule has 0 bridgehead atoms. The number of esters is 1. The van der Waals surface area contributed by atoms with Crippen molar-refractivity contribution in [3.63, 3.8) is 0 Å². The van der Waals surface area contributed by atoms with Gasteiger partial charge in [-0.15, -0.1) is 0 Å². The number of benzene rings is 2. The quantitative estimate of drug-likeness (QED) is 0.628. The average molecular weight is 387 g/mol. The standard InChI is InChI=1S/C19H15ClN2O5/c1-26-12-9-7-11(8-10-12)21-16-15(20)17(23)22(18(16)24)14-6-4-3-5-13(14)19(25)27-2/h3-10,21H,1-2H3. The number of hydrogen-bond donors (Lipinski definition) is 1. The van der Waals surface area contributed by atoms with Crippen molar-refractivity contribution in [1.29, 1.82) is 0 Å². The Morgan fingerprint density at radius 2 is 1.67 bits per heavy atom. The Morgan fingerprint density at radius 3 is 2.30 bits per heavy atom. The van der Waals surface area contributed by atoms with Gasteiger partial charge in [-0.1, -0.05) is 23.7 Å². The SMILES string of the molecule is COC(=O)c1ccccc1N1C(=O)C(Cl)=C(Nc2ccc(OC)cc2)C1=O. The minimum absolute atomic E-state index is 0.0773. The summed E-state index contributed by atoms with van der Waals surface area (Å²) >= 11 is 6.11. The number of hydrogen-bond acceptors (Lipinski definition) is 6. The second kappa shape index (κ2) is 7.51. The van der Waals surface area contributed by atoms with E-state index in [0.717, 1.165) is 4.90 Å². The molecule has 0 aromatic heterocycles. The molecule has 8 heteroatoms. The highest BCUT2D eigenvalue weighted by Crippen LogP contribution is 2.32. The summed E-state index contributed by atoms with van der Waals surface area (Å²) in [5, 5.41) is 2.58. The van der Waals surface area contributed by atoms with Crippen LogP contribution in [0.3, 0.4) is 0 Å². The van der Waals surface area contributed by atoms with Gasteiger partial charge in [0.25, 0.3) is 11.8 Å². The minimum Gasteiger partial charge on any atom is -0.497 e. The third-order valence-corrected chi connectivity index (χ3v) is 4.29. The van der Waals surface area contributed by atoms with Crippen molar-refractivity contribution in [3.8, 4) is 5.75 Å². The number of methoxy groups -OCH3 is 2. The smallest absolute Gasteiger partial charge is 0.339 e. The first-order chi connectivity index (χ1) is 13.0. The Balaban J connectivity index is 1.93. The summed E-state index contributed by atoms with van der Waals surface area (Å²) in [5.41, 5.74) is 0.653. The zero-order valence-corrected chi connectivity index (χ0v) is 15.2. The van der Waals surface area contributed by atoms with Gasteiger partial charge >= 0.3 is 5.97 Å². The number of imide groups is 1. The number of carbonyl (C=O) groups excluding carboxylic acids is 3. The van der Waals surface area contributed by atoms with Crippen LogP contribution in [0.15, 0.2) is 59.3 Å². The number of nitrogens with one attached hydrogen (secondary N) is 1. The molecule has 0 saturated carbocycles. The van der Waals surface area contributed by atoms with E-state index in [1.54, 1.807) is 36.4 Å². The zero-order valence-electron chi connectivity index (χ0n) is 14.5. The van der Waals surface area contributed by atoms with Gasteiger partial charge in [0, 0.05) is 5.69 Å². The molecule has 0 spiro atoms. The van der Waals surface area contributed by atoms with Gasteiger partial charge in [0.1, 0.15) is 16.5 Å². The molecule has 0 radical (unpaired) electrons. The Hall–Kier alpha value is -3.32. The van der Waals surface area contributed by atoms with Gasteiger partial charge < -0.3 is 14.8 Å². The van der Waals surface area contributed by atoms with Gasteiger partial charge in [0.2, 0.25) is 0 Å². The molecule has 1 aliphatic heterocycles. The molecule has 7 nitrogen and oxygen atoms in total. The first kappa shape index (κ1) is 18.5. The lowest BCUT2D eigenvalue weighted by Crippen LogP contribution is -2.33. The Labute approximate surface area is 160 Å². The molecule has 3 rings (SSSR count). The van der Waals surface area contributed by atoms with Crippen LogP contribution in [0.1, 0.15) is 10.4 Å². The molecular formula is C19H15ClN2O5. The molecule has 0 aliphatic carbocycles. The fraction of sp³-hybridized carbons (Fsp3) is 0.105. The van der Waals surface area contributed by atoms with Crippen LogP contribution in [-0.2, 0) is 14.3 Å². The molecule has 1 aliphatic rings. The van der Waals surface area contributed by atoms with E-state index in [-0.39, 0.29) is 22.0 Å². The number of ether oxygens (including phenoxy) is 2. The van der Waals surface area contributed by atoms with Gasteiger partial charge in [0.05, 0.1) is 25.5 Å². The highest BCUT2D eigenvalue weighted by atomic mass is 35.5. The summed E-state index contributed by atoms with van der Waals surface area (Å²) < 4.78 is 9.80. The third kappa shape index (κ3) is 3.37. The van der Waals surface area contributed by atoms with E-state index in [2.05, 4.69) is 5.32 Å². The van der Waals surface area contributed by atoms with Gasteiger partial charge in [-0.2, -0.15) is 0 Å². The Bertz CT molecular complexity index is 953. The monoisotopic (exact) mass is 386 g/mol. The maximum atomic E-state index is 12.8. The number of rotatable bonds is 5. The van der Waals surface area contributed by atoms with Crippen molar-refractivity contribution in [2.24, 2.45) is 0 Å². The summed E-state index contributed by atoms with van der Waals surface area (Å²) in [6.45, 7) is 0. The molecule has 0 atom stereocenters. The molecule has 1 N–H and O–H groups in total. The number of anilines is 2. The van der Waals surface area contributed by atoms with E-state index in [0.29, 0.717) is 11.4 Å². The van der Waals surface area contributed by atoms with Crippen LogP contribution in [0.2, 0.25) is 0 Å². The Morgan fingerprint density at radius 1 is 1.00 bits per heavy atom. The second-order valence-electron chi connectivity index (χ2n) is 5.50. The lowest BCUT2D eigenvalue weighted by atomic mass is 10.1. The van der Waals surface area contributed by atoms with Crippen LogP contribution >= 0.6 is 11.6 Å². The molecule has 1 heterocycles. The van der Waals surface area contributed by atoms with E-state index in [1.165, 1.54) is 26.4 Å². The molecule has 2 aromatic rings. The van der Waals surface area contributed by atoms with E-state index in [4.69, 9.17) is 21.1 Å². The number of amides is 2. The Kier molecular flexibility index (Phi) is 5.14. The normalized spacial score (nSPS) is 13.8. The maximum Gasteiger partial charge on any atom is 0.339 e. The van der Waals surface area contributed by atoms with Gasteiger partial charge in [-0.25, -0.2) is 9.69 Å². The summed E-state index contributed by atoms with van der Waals surface area (Å²) in [7, 11) is 2.76. The summed E-state index contributed by atoms with van der Waals surface area (Å²) in [5.74, 6) is -1.42. The van der Waals surface area contributed by atoms with Crippen LogP contribution in [-0.4, -0.2) is 32.0 Å². The highest BCUT2D eigenvalue weighted by molar-refractivity contribution is 6.53. The molecule has 0 fully saturated rings. The predicted molar refractivity (Wildman–Crippen MR) is 99.8 cm³/mol. The van der Waals surface area contributed by atoms with Crippen LogP contribution in [0.4, 0.5) is 11.4 Å². The second-order valence-corrected chi connectivity index (χ2v) is 5.87. The first-order valence-electron chi connectivity index (χ1n) is 7.85. The number of halogens is 1. The molecule has 0 saturated heterocycles. The molecule has 138 valence electrons. The maximum absolute atomic E-state index is 12.8. The van der Waals surface area contributed by atoms with Gasteiger partial charge in [-0.3, -0.25) is 9.59 Å². The molecule has 0 unspecified atom stereocenters. The highest BCUT2D eigenvalue weighted by Gasteiger charge is 2.40. The van der Waals surface area contributed by atoms with Crippen molar-refractivity contribution in [2.75, 3.05) is 24.4 Å². The topological polar surface area (TPSA) is 84.9 Å². The first-order valence-corrected chi connectivity index (χ1v) is 8.22. The third-order valence-electron chi connectivity index (χ3n) is 3.94. The van der Waals surface area contributed by atoms with E-state index < -0.39 is 17.8 Å². The van der Waals surface area contributed by atoms with Crippen LogP contribution < -0.4 is 15.0 Å². The van der Waals surface area contributed by atoms with Crippen molar-refractivity contribution >= 4 is 40.8 Å². The number of para-hydroxylation sites is 1.